The maximum Gasteiger partial charge on any atom is 0.225 e. The minimum Gasteiger partial charge on any atom is -0.352 e. The highest BCUT2D eigenvalue weighted by Gasteiger charge is 2.48. The summed E-state index contributed by atoms with van der Waals surface area (Å²) in [7, 11) is 4.12. The number of amides is 1. The molecule has 120 valence electrons. The van der Waals surface area contributed by atoms with E-state index in [0.717, 1.165) is 18.5 Å². The summed E-state index contributed by atoms with van der Waals surface area (Å²) in [6.07, 6.45) is 3.54. The zero-order valence-corrected chi connectivity index (χ0v) is 13.6. The number of hydrogen-bond acceptors (Lipinski definition) is 3. The van der Waals surface area contributed by atoms with Gasteiger partial charge in [0.05, 0.1) is 5.92 Å². The first-order valence-electron chi connectivity index (χ1n) is 8.30. The van der Waals surface area contributed by atoms with Crippen LogP contribution in [0.2, 0.25) is 0 Å². The molecule has 1 aromatic rings. The third-order valence-corrected chi connectivity index (χ3v) is 5.24. The van der Waals surface area contributed by atoms with Gasteiger partial charge in [-0.25, -0.2) is 0 Å². The molecule has 4 atom stereocenters. The summed E-state index contributed by atoms with van der Waals surface area (Å²) in [5, 5.41) is 3.10. The summed E-state index contributed by atoms with van der Waals surface area (Å²) in [6, 6.07) is 8.49. The van der Waals surface area contributed by atoms with Gasteiger partial charge in [0.25, 0.3) is 0 Å². The normalized spacial score (nSPS) is 30.0. The van der Waals surface area contributed by atoms with E-state index in [0.29, 0.717) is 18.4 Å². The van der Waals surface area contributed by atoms with Crippen LogP contribution < -0.4 is 11.1 Å². The highest BCUT2D eigenvalue weighted by atomic mass is 16.1. The van der Waals surface area contributed by atoms with Crippen LogP contribution in [0.5, 0.6) is 0 Å². The van der Waals surface area contributed by atoms with Gasteiger partial charge >= 0.3 is 0 Å². The van der Waals surface area contributed by atoms with Crippen LogP contribution in [0.4, 0.5) is 0 Å². The van der Waals surface area contributed by atoms with E-state index in [2.05, 4.69) is 48.6 Å². The average molecular weight is 301 g/mol. The van der Waals surface area contributed by atoms with Crippen LogP contribution in [-0.4, -0.2) is 30.9 Å². The van der Waals surface area contributed by atoms with Gasteiger partial charge in [0.2, 0.25) is 5.91 Å². The van der Waals surface area contributed by atoms with Crippen molar-refractivity contribution >= 4 is 5.91 Å². The Hall–Kier alpha value is -1.39. The molecule has 2 fully saturated rings. The third kappa shape index (κ3) is 3.18. The van der Waals surface area contributed by atoms with Crippen LogP contribution >= 0.6 is 0 Å². The van der Waals surface area contributed by atoms with Crippen molar-refractivity contribution in [2.24, 2.45) is 23.5 Å². The summed E-state index contributed by atoms with van der Waals surface area (Å²) < 4.78 is 0. The minimum absolute atomic E-state index is 0.0312. The first kappa shape index (κ1) is 15.5. The van der Waals surface area contributed by atoms with Crippen LogP contribution in [0.25, 0.3) is 0 Å². The quantitative estimate of drug-likeness (QED) is 0.871. The van der Waals surface area contributed by atoms with E-state index in [1.54, 1.807) is 0 Å². The fraction of sp³-hybridized carbons (Fsp3) is 0.611. The lowest BCUT2D eigenvalue weighted by atomic mass is 9.84. The van der Waals surface area contributed by atoms with Crippen molar-refractivity contribution in [1.82, 2.24) is 10.2 Å². The molecule has 4 nitrogen and oxygen atoms in total. The predicted octanol–water partition coefficient (Wildman–Crippen LogP) is 1.74. The Bertz CT molecular complexity index is 541. The Balaban J connectivity index is 1.57. The van der Waals surface area contributed by atoms with E-state index in [-0.39, 0.29) is 17.9 Å². The molecule has 2 aliphatic rings. The van der Waals surface area contributed by atoms with Gasteiger partial charge in [-0.15, -0.1) is 0 Å². The molecular formula is C18H27N3O. The molecule has 4 heteroatoms. The van der Waals surface area contributed by atoms with Gasteiger partial charge < -0.3 is 16.0 Å². The van der Waals surface area contributed by atoms with E-state index < -0.39 is 0 Å². The maximum atomic E-state index is 12.5. The molecule has 0 radical (unpaired) electrons. The molecule has 0 aromatic heterocycles. The number of nitrogens with zero attached hydrogens (tertiary/aromatic N) is 1. The SMILES string of the molecule is CN(C)Cc1cccc(CNC(=O)C2C3CCC(C3)C2N)c1. The number of nitrogens with one attached hydrogen (secondary N) is 1. The highest BCUT2D eigenvalue weighted by molar-refractivity contribution is 5.80. The molecule has 2 bridgehead atoms. The van der Waals surface area contributed by atoms with E-state index in [1.165, 1.54) is 18.4 Å². The number of benzene rings is 1. The fourth-order valence-electron chi connectivity index (χ4n) is 4.23. The summed E-state index contributed by atoms with van der Waals surface area (Å²) in [5.74, 6) is 1.27. The minimum atomic E-state index is 0.0312. The number of carbonyl (C=O) groups is 1. The Labute approximate surface area is 133 Å². The van der Waals surface area contributed by atoms with Crippen LogP contribution in [0.15, 0.2) is 24.3 Å². The van der Waals surface area contributed by atoms with Crippen molar-refractivity contribution in [2.75, 3.05) is 14.1 Å². The summed E-state index contributed by atoms with van der Waals surface area (Å²) in [6.45, 7) is 1.51. The van der Waals surface area contributed by atoms with Gasteiger partial charge in [-0.2, -0.15) is 0 Å². The smallest absolute Gasteiger partial charge is 0.225 e. The Kier molecular flexibility index (Phi) is 4.50. The molecule has 1 amide bonds. The fourth-order valence-corrected chi connectivity index (χ4v) is 4.23. The van der Waals surface area contributed by atoms with Crippen LogP contribution in [-0.2, 0) is 17.9 Å². The lowest BCUT2D eigenvalue weighted by molar-refractivity contribution is -0.127. The standard InChI is InChI=1S/C18H27N3O/c1-21(2)11-13-5-3-4-12(8-13)10-20-18(22)16-14-6-7-15(9-14)17(16)19/h3-5,8,14-17H,6-7,9-11,19H2,1-2H3,(H,20,22). The summed E-state index contributed by atoms with van der Waals surface area (Å²) in [5.41, 5.74) is 8.68. The van der Waals surface area contributed by atoms with Crippen molar-refractivity contribution in [3.63, 3.8) is 0 Å². The molecule has 3 N–H and O–H groups in total. The number of fused-ring (bicyclic) bond motifs is 2. The molecule has 4 unspecified atom stereocenters. The molecule has 1 aromatic carbocycles. The van der Waals surface area contributed by atoms with Gasteiger partial charge in [-0.3, -0.25) is 4.79 Å². The molecule has 0 saturated heterocycles. The lowest BCUT2D eigenvalue weighted by Crippen LogP contribution is -2.45. The topological polar surface area (TPSA) is 58.4 Å². The van der Waals surface area contributed by atoms with E-state index in [1.807, 2.05) is 0 Å². The number of carbonyl (C=O) groups excluding carboxylic acids is 1. The summed E-state index contributed by atoms with van der Waals surface area (Å²) in [4.78, 5) is 14.6. The van der Waals surface area contributed by atoms with Gasteiger partial charge in [-0.05, 0) is 56.3 Å². The second-order valence-corrected chi connectivity index (χ2v) is 7.21. The predicted molar refractivity (Wildman–Crippen MR) is 88.0 cm³/mol. The maximum absolute atomic E-state index is 12.5. The molecule has 2 saturated carbocycles. The second kappa shape index (κ2) is 6.39. The Morgan fingerprint density at radius 2 is 2.00 bits per heavy atom. The Morgan fingerprint density at radius 1 is 1.27 bits per heavy atom. The number of nitrogens with two attached hydrogens (primary N) is 1. The molecule has 0 heterocycles. The largest absolute Gasteiger partial charge is 0.352 e. The summed E-state index contributed by atoms with van der Waals surface area (Å²) >= 11 is 0. The van der Waals surface area contributed by atoms with Crippen LogP contribution in [0.3, 0.4) is 0 Å². The van der Waals surface area contributed by atoms with Gasteiger partial charge in [0.15, 0.2) is 0 Å². The molecular weight excluding hydrogens is 274 g/mol. The first-order chi connectivity index (χ1) is 10.5. The second-order valence-electron chi connectivity index (χ2n) is 7.21. The van der Waals surface area contributed by atoms with Crippen molar-refractivity contribution in [1.29, 1.82) is 0 Å². The first-order valence-corrected chi connectivity index (χ1v) is 8.30. The molecule has 0 aliphatic heterocycles. The number of hydrogen-bond donors (Lipinski definition) is 2. The lowest BCUT2D eigenvalue weighted by Gasteiger charge is -2.27. The van der Waals surface area contributed by atoms with E-state index in [4.69, 9.17) is 5.73 Å². The van der Waals surface area contributed by atoms with Crippen molar-refractivity contribution in [2.45, 2.75) is 38.4 Å². The van der Waals surface area contributed by atoms with E-state index in [9.17, 15) is 4.79 Å². The molecule has 0 spiro atoms. The zero-order chi connectivity index (χ0) is 15.7. The third-order valence-electron chi connectivity index (χ3n) is 5.24. The molecule has 22 heavy (non-hydrogen) atoms. The molecule has 2 aliphatic carbocycles. The number of rotatable bonds is 5. The molecule has 3 rings (SSSR count). The monoisotopic (exact) mass is 301 g/mol. The van der Waals surface area contributed by atoms with Crippen molar-refractivity contribution in [3.05, 3.63) is 35.4 Å². The van der Waals surface area contributed by atoms with E-state index >= 15 is 0 Å². The van der Waals surface area contributed by atoms with Gasteiger partial charge in [-0.1, -0.05) is 24.3 Å². The highest BCUT2D eigenvalue weighted by Crippen LogP contribution is 2.47. The zero-order valence-electron chi connectivity index (χ0n) is 13.6. The average Bonchev–Trinajstić information content (AvgIpc) is 3.05. The van der Waals surface area contributed by atoms with Gasteiger partial charge in [0, 0.05) is 19.1 Å². The Morgan fingerprint density at radius 3 is 2.68 bits per heavy atom. The van der Waals surface area contributed by atoms with Crippen LogP contribution in [0, 0.1) is 17.8 Å². The van der Waals surface area contributed by atoms with Crippen molar-refractivity contribution in [3.8, 4) is 0 Å². The van der Waals surface area contributed by atoms with Crippen LogP contribution in [0.1, 0.15) is 30.4 Å². The van der Waals surface area contributed by atoms with Gasteiger partial charge in [0.1, 0.15) is 0 Å². The van der Waals surface area contributed by atoms with Crippen molar-refractivity contribution < 1.29 is 4.79 Å².